The first-order chi connectivity index (χ1) is 8.80. The van der Waals surface area contributed by atoms with Gasteiger partial charge in [-0.2, -0.15) is 0 Å². The van der Waals surface area contributed by atoms with Crippen LogP contribution in [-0.2, 0) is 15.8 Å². The molecular formula is C13H20FNO3S. The fourth-order valence-electron chi connectivity index (χ4n) is 1.81. The standard InChI is InChI=1S/C13H20FNO3S/c1-10(7-11(2)16)8-15-19(17,18)9-12-5-3-4-6-13(12)14/h3-6,10-11,15-16H,7-9H2,1-2H3. The first-order valence-corrected chi connectivity index (χ1v) is 7.84. The molecule has 1 aromatic carbocycles. The maximum Gasteiger partial charge on any atom is 0.215 e. The molecule has 6 heteroatoms. The largest absolute Gasteiger partial charge is 0.393 e. The molecule has 0 aromatic heterocycles. The summed E-state index contributed by atoms with van der Waals surface area (Å²) in [7, 11) is -3.56. The van der Waals surface area contributed by atoms with Crippen molar-refractivity contribution < 1.29 is 17.9 Å². The van der Waals surface area contributed by atoms with Crippen molar-refractivity contribution in [2.75, 3.05) is 6.54 Å². The van der Waals surface area contributed by atoms with Gasteiger partial charge >= 0.3 is 0 Å². The predicted molar refractivity (Wildman–Crippen MR) is 72.5 cm³/mol. The zero-order chi connectivity index (χ0) is 14.5. The summed E-state index contributed by atoms with van der Waals surface area (Å²) in [5, 5.41) is 9.20. The number of sulfonamides is 1. The molecule has 108 valence electrons. The molecule has 1 rings (SSSR count). The van der Waals surface area contributed by atoms with Gasteiger partial charge in [-0.15, -0.1) is 0 Å². The van der Waals surface area contributed by atoms with E-state index in [1.165, 1.54) is 18.2 Å². The fraction of sp³-hybridized carbons (Fsp3) is 0.538. The maximum absolute atomic E-state index is 13.4. The van der Waals surface area contributed by atoms with Crippen molar-refractivity contribution >= 4 is 10.0 Å². The smallest absolute Gasteiger partial charge is 0.215 e. The molecule has 0 amide bonds. The Labute approximate surface area is 113 Å². The summed E-state index contributed by atoms with van der Waals surface area (Å²) in [6, 6.07) is 5.81. The van der Waals surface area contributed by atoms with E-state index in [-0.39, 0.29) is 23.8 Å². The second kappa shape index (κ2) is 6.98. The van der Waals surface area contributed by atoms with Crippen LogP contribution in [0, 0.1) is 11.7 Å². The van der Waals surface area contributed by atoms with Crippen LogP contribution in [-0.4, -0.2) is 26.2 Å². The molecule has 19 heavy (non-hydrogen) atoms. The third-order valence-corrected chi connectivity index (χ3v) is 4.00. The Morgan fingerprint density at radius 1 is 1.32 bits per heavy atom. The van der Waals surface area contributed by atoms with E-state index in [4.69, 9.17) is 0 Å². The third kappa shape index (κ3) is 6.13. The summed E-state index contributed by atoms with van der Waals surface area (Å²) in [6.45, 7) is 3.74. The number of halogens is 1. The molecule has 0 aliphatic heterocycles. The molecule has 0 saturated heterocycles. The number of aliphatic hydroxyl groups excluding tert-OH is 1. The van der Waals surface area contributed by atoms with Crippen LogP contribution in [0.1, 0.15) is 25.8 Å². The summed E-state index contributed by atoms with van der Waals surface area (Å²) in [6.07, 6.45) is 0.0495. The van der Waals surface area contributed by atoms with E-state index in [0.717, 1.165) is 0 Å². The van der Waals surface area contributed by atoms with Gasteiger partial charge in [0, 0.05) is 12.1 Å². The molecule has 0 fully saturated rings. The molecule has 2 unspecified atom stereocenters. The number of hydrogen-bond donors (Lipinski definition) is 2. The minimum Gasteiger partial charge on any atom is -0.393 e. The highest BCUT2D eigenvalue weighted by Gasteiger charge is 2.16. The Hall–Kier alpha value is -0.980. The zero-order valence-electron chi connectivity index (χ0n) is 11.1. The average Bonchev–Trinajstić information content (AvgIpc) is 2.29. The van der Waals surface area contributed by atoms with Gasteiger partial charge in [0.15, 0.2) is 0 Å². The van der Waals surface area contributed by atoms with Crippen molar-refractivity contribution in [3.63, 3.8) is 0 Å². The molecule has 2 atom stereocenters. The van der Waals surface area contributed by atoms with Crippen LogP contribution in [0.25, 0.3) is 0 Å². The lowest BCUT2D eigenvalue weighted by molar-refractivity contribution is 0.165. The van der Waals surface area contributed by atoms with Crippen LogP contribution in [0.2, 0.25) is 0 Å². The van der Waals surface area contributed by atoms with Crippen molar-refractivity contribution in [1.29, 1.82) is 0 Å². The summed E-state index contributed by atoms with van der Waals surface area (Å²) >= 11 is 0. The Kier molecular flexibility index (Phi) is 5.90. The molecule has 0 saturated carbocycles. The molecule has 0 spiro atoms. The van der Waals surface area contributed by atoms with E-state index in [2.05, 4.69) is 4.72 Å². The summed E-state index contributed by atoms with van der Waals surface area (Å²) in [5.74, 6) is -0.874. The van der Waals surface area contributed by atoms with Crippen LogP contribution in [0.15, 0.2) is 24.3 Å². The number of aliphatic hydroxyl groups is 1. The van der Waals surface area contributed by atoms with Gasteiger partial charge in [-0.05, 0) is 25.3 Å². The molecule has 4 nitrogen and oxygen atoms in total. The molecule has 0 aliphatic carbocycles. The van der Waals surface area contributed by atoms with Crippen LogP contribution in [0.5, 0.6) is 0 Å². The van der Waals surface area contributed by atoms with Gasteiger partial charge < -0.3 is 5.11 Å². The van der Waals surface area contributed by atoms with Gasteiger partial charge in [-0.25, -0.2) is 17.5 Å². The first-order valence-electron chi connectivity index (χ1n) is 6.19. The number of rotatable bonds is 7. The number of hydrogen-bond acceptors (Lipinski definition) is 3. The van der Waals surface area contributed by atoms with Gasteiger partial charge in [0.05, 0.1) is 11.9 Å². The molecular weight excluding hydrogens is 269 g/mol. The second-order valence-electron chi connectivity index (χ2n) is 4.89. The lowest BCUT2D eigenvalue weighted by Crippen LogP contribution is -2.30. The van der Waals surface area contributed by atoms with E-state index >= 15 is 0 Å². The Morgan fingerprint density at radius 3 is 2.53 bits per heavy atom. The second-order valence-corrected chi connectivity index (χ2v) is 6.70. The minimum absolute atomic E-state index is 0.0235. The van der Waals surface area contributed by atoms with Crippen molar-refractivity contribution in [3.05, 3.63) is 35.6 Å². The molecule has 0 aliphatic rings. The van der Waals surface area contributed by atoms with Gasteiger partial charge in [-0.3, -0.25) is 0 Å². The van der Waals surface area contributed by atoms with Gasteiger partial charge in [0.1, 0.15) is 5.82 Å². The predicted octanol–water partition coefficient (Wildman–Crippen LogP) is 1.65. The van der Waals surface area contributed by atoms with Crippen molar-refractivity contribution in [1.82, 2.24) is 4.72 Å². The molecule has 2 N–H and O–H groups in total. The van der Waals surface area contributed by atoms with Crippen LogP contribution >= 0.6 is 0 Å². The normalized spacial score (nSPS) is 15.2. The highest BCUT2D eigenvalue weighted by molar-refractivity contribution is 7.88. The van der Waals surface area contributed by atoms with Crippen molar-refractivity contribution in [2.45, 2.75) is 32.1 Å². The van der Waals surface area contributed by atoms with E-state index in [1.807, 2.05) is 6.92 Å². The fourth-order valence-corrected chi connectivity index (χ4v) is 3.09. The van der Waals surface area contributed by atoms with Crippen LogP contribution < -0.4 is 4.72 Å². The highest BCUT2D eigenvalue weighted by Crippen LogP contribution is 2.11. The first kappa shape index (κ1) is 16.1. The maximum atomic E-state index is 13.4. The van der Waals surface area contributed by atoms with Crippen LogP contribution in [0.3, 0.4) is 0 Å². The summed E-state index contributed by atoms with van der Waals surface area (Å²) in [4.78, 5) is 0. The summed E-state index contributed by atoms with van der Waals surface area (Å²) in [5.41, 5.74) is 0.151. The monoisotopic (exact) mass is 289 g/mol. The molecule has 0 bridgehead atoms. The van der Waals surface area contributed by atoms with E-state index in [1.54, 1.807) is 13.0 Å². The van der Waals surface area contributed by atoms with Gasteiger partial charge in [0.2, 0.25) is 10.0 Å². The highest BCUT2D eigenvalue weighted by atomic mass is 32.2. The Bertz CT molecular complexity index is 502. The van der Waals surface area contributed by atoms with E-state index < -0.39 is 21.9 Å². The number of benzene rings is 1. The lowest BCUT2D eigenvalue weighted by Gasteiger charge is -2.14. The number of nitrogens with one attached hydrogen (secondary N) is 1. The SMILES string of the molecule is CC(O)CC(C)CNS(=O)(=O)Cc1ccccc1F. The van der Waals surface area contributed by atoms with Crippen molar-refractivity contribution in [2.24, 2.45) is 5.92 Å². The van der Waals surface area contributed by atoms with E-state index in [9.17, 15) is 17.9 Å². The lowest BCUT2D eigenvalue weighted by atomic mass is 10.1. The van der Waals surface area contributed by atoms with E-state index in [0.29, 0.717) is 6.42 Å². The topological polar surface area (TPSA) is 66.4 Å². The third-order valence-electron chi connectivity index (χ3n) is 2.70. The van der Waals surface area contributed by atoms with Gasteiger partial charge in [-0.1, -0.05) is 25.1 Å². The Balaban J connectivity index is 2.56. The van der Waals surface area contributed by atoms with Crippen molar-refractivity contribution in [3.8, 4) is 0 Å². The minimum atomic E-state index is -3.56. The molecule has 1 aromatic rings. The van der Waals surface area contributed by atoms with Crippen LogP contribution in [0.4, 0.5) is 4.39 Å². The molecule has 0 heterocycles. The Morgan fingerprint density at radius 2 is 1.95 bits per heavy atom. The quantitative estimate of drug-likeness (QED) is 0.802. The zero-order valence-corrected chi connectivity index (χ0v) is 12.0. The molecule has 0 radical (unpaired) electrons. The van der Waals surface area contributed by atoms with Gasteiger partial charge in [0.25, 0.3) is 0 Å². The summed E-state index contributed by atoms with van der Waals surface area (Å²) < 4.78 is 39.4. The average molecular weight is 289 g/mol.